The van der Waals surface area contributed by atoms with E-state index in [0.29, 0.717) is 6.54 Å². The van der Waals surface area contributed by atoms with Crippen LogP contribution in [0.15, 0.2) is 4.99 Å². The maximum Gasteiger partial charge on any atom is 0.191 e. The van der Waals surface area contributed by atoms with Crippen molar-refractivity contribution in [2.24, 2.45) is 10.9 Å². The summed E-state index contributed by atoms with van der Waals surface area (Å²) in [6, 6.07) is 0. The summed E-state index contributed by atoms with van der Waals surface area (Å²) < 4.78 is 0. The van der Waals surface area contributed by atoms with Gasteiger partial charge in [0.15, 0.2) is 5.96 Å². The van der Waals surface area contributed by atoms with Crippen molar-refractivity contribution in [3.05, 3.63) is 15.6 Å². The fourth-order valence-electron chi connectivity index (χ4n) is 1.58. The Bertz CT molecular complexity index is 417. The zero-order valence-electron chi connectivity index (χ0n) is 13.3. The highest BCUT2D eigenvalue weighted by Gasteiger charge is 2.04. The number of aryl methyl sites for hydroxylation is 2. The molecule has 0 bridgehead atoms. The quantitative estimate of drug-likeness (QED) is 0.355. The van der Waals surface area contributed by atoms with E-state index in [1.807, 2.05) is 20.8 Å². The van der Waals surface area contributed by atoms with Crippen molar-refractivity contribution in [3.63, 3.8) is 0 Å². The molecule has 0 saturated carbocycles. The second-order valence-electron chi connectivity index (χ2n) is 4.93. The smallest absolute Gasteiger partial charge is 0.191 e. The van der Waals surface area contributed by atoms with Crippen molar-refractivity contribution >= 4 is 41.3 Å². The number of thiazole rings is 1. The Labute approximate surface area is 148 Å². The minimum Gasteiger partial charge on any atom is -0.396 e. The summed E-state index contributed by atoms with van der Waals surface area (Å²) in [5, 5.41) is 16.7. The molecule has 1 heterocycles. The molecule has 1 atom stereocenters. The van der Waals surface area contributed by atoms with E-state index >= 15 is 0 Å². The van der Waals surface area contributed by atoms with Gasteiger partial charge in [-0.2, -0.15) is 0 Å². The molecule has 0 aromatic carbocycles. The molecule has 1 aromatic heterocycles. The third-order valence-corrected chi connectivity index (χ3v) is 4.05. The predicted molar refractivity (Wildman–Crippen MR) is 101 cm³/mol. The first kappa shape index (κ1) is 20.6. The molecule has 0 spiro atoms. The lowest BCUT2D eigenvalue weighted by Crippen LogP contribution is -2.38. The third-order valence-electron chi connectivity index (χ3n) is 2.92. The number of nitrogens with zero attached hydrogens (tertiary/aromatic N) is 2. The Morgan fingerprint density at radius 2 is 2.10 bits per heavy atom. The summed E-state index contributed by atoms with van der Waals surface area (Å²) in [5.74, 6) is 0.993. The van der Waals surface area contributed by atoms with Crippen LogP contribution in [0.5, 0.6) is 0 Å². The van der Waals surface area contributed by atoms with E-state index in [1.54, 1.807) is 11.3 Å². The standard InChI is InChI=1S/C14H26N4OS.HI/c1-5-15-14(17-8-10(2)9-19)16-7-6-13-18-11(3)12(4)20-13;/h10,19H,5-9H2,1-4H3,(H2,15,16,17);1H. The van der Waals surface area contributed by atoms with E-state index in [1.165, 1.54) is 4.88 Å². The lowest BCUT2D eigenvalue weighted by molar-refractivity contribution is 0.241. The second-order valence-corrected chi connectivity index (χ2v) is 6.22. The molecule has 122 valence electrons. The number of aliphatic imine (C=N–C) groups is 1. The van der Waals surface area contributed by atoms with Gasteiger partial charge in [0.05, 0.1) is 10.7 Å². The van der Waals surface area contributed by atoms with E-state index in [2.05, 4.69) is 27.5 Å². The summed E-state index contributed by atoms with van der Waals surface area (Å²) in [7, 11) is 0. The number of halogens is 1. The van der Waals surface area contributed by atoms with Crippen LogP contribution in [0, 0.1) is 19.8 Å². The van der Waals surface area contributed by atoms with E-state index in [4.69, 9.17) is 5.11 Å². The van der Waals surface area contributed by atoms with Crippen LogP contribution in [0.2, 0.25) is 0 Å². The normalized spacial score (nSPS) is 12.7. The predicted octanol–water partition coefficient (Wildman–Crippen LogP) is 2.10. The Morgan fingerprint density at radius 1 is 1.38 bits per heavy atom. The van der Waals surface area contributed by atoms with Gasteiger partial charge in [-0.05, 0) is 26.7 Å². The third kappa shape index (κ3) is 7.96. The molecule has 0 amide bonds. The first-order valence-corrected chi connectivity index (χ1v) is 7.94. The molecular weight excluding hydrogens is 399 g/mol. The monoisotopic (exact) mass is 426 g/mol. The Morgan fingerprint density at radius 3 is 2.62 bits per heavy atom. The molecule has 0 aliphatic heterocycles. The highest BCUT2D eigenvalue weighted by atomic mass is 127. The number of rotatable bonds is 7. The molecule has 1 unspecified atom stereocenters. The molecule has 3 N–H and O–H groups in total. The fourth-order valence-corrected chi connectivity index (χ4v) is 2.51. The lowest BCUT2D eigenvalue weighted by Gasteiger charge is -2.11. The molecule has 0 radical (unpaired) electrons. The van der Waals surface area contributed by atoms with Crippen LogP contribution in [0.25, 0.3) is 0 Å². The molecule has 0 aliphatic carbocycles. The van der Waals surface area contributed by atoms with Crippen LogP contribution in [0.4, 0.5) is 0 Å². The van der Waals surface area contributed by atoms with Crippen LogP contribution >= 0.6 is 35.3 Å². The highest BCUT2D eigenvalue weighted by molar-refractivity contribution is 14.0. The van der Waals surface area contributed by atoms with E-state index in [-0.39, 0.29) is 36.5 Å². The summed E-state index contributed by atoms with van der Waals surface area (Å²) in [4.78, 5) is 10.3. The zero-order chi connectivity index (χ0) is 15.0. The fraction of sp³-hybridized carbons (Fsp3) is 0.714. The van der Waals surface area contributed by atoms with Crippen LogP contribution in [-0.4, -0.2) is 42.3 Å². The number of nitrogens with one attached hydrogen (secondary N) is 2. The number of aliphatic hydroxyl groups excluding tert-OH is 1. The summed E-state index contributed by atoms with van der Waals surface area (Å²) in [6.07, 6.45) is 0.902. The minimum atomic E-state index is 0. The summed E-state index contributed by atoms with van der Waals surface area (Å²) in [6.45, 7) is 10.6. The van der Waals surface area contributed by atoms with Crippen LogP contribution in [-0.2, 0) is 6.42 Å². The van der Waals surface area contributed by atoms with E-state index in [0.717, 1.165) is 36.2 Å². The first-order chi connectivity index (χ1) is 9.56. The SMILES string of the molecule is CCNC(=NCC(C)CO)NCCc1nc(C)c(C)s1.I. The van der Waals surface area contributed by atoms with E-state index < -0.39 is 0 Å². The van der Waals surface area contributed by atoms with Gasteiger partial charge in [0.25, 0.3) is 0 Å². The van der Waals surface area contributed by atoms with Crippen molar-refractivity contribution in [2.45, 2.75) is 34.1 Å². The average Bonchev–Trinajstić information content (AvgIpc) is 2.74. The van der Waals surface area contributed by atoms with Gasteiger partial charge in [-0.15, -0.1) is 35.3 Å². The molecule has 1 aromatic rings. The minimum absolute atomic E-state index is 0. The number of guanidine groups is 1. The molecule has 0 aliphatic rings. The number of hydrogen-bond acceptors (Lipinski definition) is 4. The van der Waals surface area contributed by atoms with Gasteiger partial charge in [-0.3, -0.25) is 4.99 Å². The van der Waals surface area contributed by atoms with Gasteiger partial charge in [0.1, 0.15) is 0 Å². The van der Waals surface area contributed by atoms with Gasteiger partial charge in [-0.25, -0.2) is 4.98 Å². The Balaban J connectivity index is 0.00000400. The van der Waals surface area contributed by atoms with Crippen molar-refractivity contribution in [3.8, 4) is 0 Å². The molecule has 0 fully saturated rings. The molecule has 7 heteroatoms. The number of hydrogen-bond donors (Lipinski definition) is 3. The largest absolute Gasteiger partial charge is 0.396 e. The molecule has 21 heavy (non-hydrogen) atoms. The lowest BCUT2D eigenvalue weighted by atomic mass is 10.2. The van der Waals surface area contributed by atoms with Crippen LogP contribution < -0.4 is 10.6 Å². The van der Waals surface area contributed by atoms with Gasteiger partial charge >= 0.3 is 0 Å². The Kier molecular flexibility index (Phi) is 11.0. The number of aliphatic hydroxyl groups is 1. The van der Waals surface area contributed by atoms with Gasteiger partial charge in [0.2, 0.25) is 0 Å². The van der Waals surface area contributed by atoms with Gasteiger partial charge in [-0.1, -0.05) is 6.92 Å². The van der Waals surface area contributed by atoms with Gasteiger partial charge < -0.3 is 15.7 Å². The zero-order valence-corrected chi connectivity index (χ0v) is 16.4. The molecule has 5 nitrogen and oxygen atoms in total. The summed E-state index contributed by atoms with van der Waals surface area (Å²) >= 11 is 1.76. The maximum atomic E-state index is 9.01. The van der Waals surface area contributed by atoms with Crippen LogP contribution in [0.1, 0.15) is 29.4 Å². The molecule has 0 saturated heterocycles. The molecule has 1 rings (SSSR count). The number of aromatic nitrogens is 1. The average molecular weight is 426 g/mol. The molecular formula is C14H27IN4OS. The van der Waals surface area contributed by atoms with Crippen molar-refractivity contribution in [1.82, 2.24) is 15.6 Å². The van der Waals surface area contributed by atoms with Crippen molar-refractivity contribution in [1.29, 1.82) is 0 Å². The van der Waals surface area contributed by atoms with Crippen molar-refractivity contribution in [2.75, 3.05) is 26.2 Å². The van der Waals surface area contributed by atoms with E-state index in [9.17, 15) is 0 Å². The first-order valence-electron chi connectivity index (χ1n) is 7.12. The summed E-state index contributed by atoms with van der Waals surface area (Å²) in [5.41, 5.74) is 1.13. The highest BCUT2D eigenvalue weighted by Crippen LogP contribution is 2.16. The maximum absolute atomic E-state index is 9.01. The van der Waals surface area contributed by atoms with Crippen molar-refractivity contribution < 1.29 is 5.11 Å². The van der Waals surface area contributed by atoms with Crippen LogP contribution in [0.3, 0.4) is 0 Å². The second kappa shape index (κ2) is 11.2. The van der Waals surface area contributed by atoms with Gasteiger partial charge in [0, 0.05) is 37.5 Å². The topological polar surface area (TPSA) is 69.5 Å². The Hall–Kier alpha value is -0.410.